The van der Waals surface area contributed by atoms with Crippen LogP contribution in [0.15, 0.2) is 35.5 Å². The van der Waals surface area contributed by atoms with Gasteiger partial charge in [-0.2, -0.15) is 0 Å². The van der Waals surface area contributed by atoms with E-state index < -0.39 is 27.0 Å². The Morgan fingerprint density at radius 3 is 2.65 bits per heavy atom. The van der Waals surface area contributed by atoms with Crippen molar-refractivity contribution in [3.05, 3.63) is 51.2 Å². The van der Waals surface area contributed by atoms with Crippen molar-refractivity contribution >= 4 is 39.0 Å². The van der Waals surface area contributed by atoms with Gasteiger partial charge in [0, 0.05) is 17.8 Å². The molecule has 9 nitrogen and oxygen atoms in total. The normalized spacial score (nSPS) is 17.7. The van der Waals surface area contributed by atoms with Crippen LogP contribution in [0.1, 0.15) is 25.5 Å². The van der Waals surface area contributed by atoms with Crippen molar-refractivity contribution in [2.75, 3.05) is 12.9 Å². The van der Waals surface area contributed by atoms with Crippen molar-refractivity contribution in [1.29, 1.82) is 0 Å². The Hall–Kier alpha value is -2.53. The number of hydrogen-bond acceptors (Lipinski definition) is 7. The molecule has 26 heavy (non-hydrogen) atoms. The highest BCUT2D eigenvalue weighted by atomic mass is 32.2. The lowest BCUT2D eigenvalue weighted by Gasteiger charge is -2.37. The minimum atomic E-state index is -3.89. The van der Waals surface area contributed by atoms with Crippen molar-refractivity contribution in [2.24, 2.45) is 0 Å². The lowest BCUT2D eigenvalue weighted by atomic mass is 9.95. The van der Waals surface area contributed by atoms with Crippen LogP contribution in [0, 0.1) is 10.1 Å². The van der Waals surface area contributed by atoms with Crippen molar-refractivity contribution in [2.45, 2.75) is 19.9 Å². The van der Waals surface area contributed by atoms with Crippen LogP contribution in [-0.2, 0) is 19.6 Å². The second-order valence-corrected chi connectivity index (χ2v) is 7.75. The first-order valence-corrected chi connectivity index (χ1v) is 9.76. The number of sulfonamides is 1. The summed E-state index contributed by atoms with van der Waals surface area (Å²) in [6, 6.07) is 4.23. The molecule has 0 radical (unpaired) electrons. The Kier molecular flexibility index (Phi) is 5.62. The molecule has 2 rings (SSSR count). The number of nitro groups is 1. The van der Waals surface area contributed by atoms with Gasteiger partial charge >= 0.3 is 5.97 Å². The van der Waals surface area contributed by atoms with Crippen LogP contribution in [0.25, 0.3) is 0 Å². The minimum Gasteiger partial charge on any atom is -0.463 e. The average molecular weight is 399 g/mol. The molecule has 1 aromatic carbocycles. The van der Waals surface area contributed by atoms with E-state index in [0.717, 1.165) is 10.6 Å². The number of non-ortho nitro benzene ring substituents is 1. The fraction of sp³-hybridized carbons (Fsp3) is 0.333. The van der Waals surface area contributed by atoms with E-state index in [-0.39, 0.29) is 28.5 Å². The summed E-state index contributed by atoms with van der Waals surface area (Å²) in [6.45, 7) is 3.26. The van der Waals surface area contributed by atoms with Gasteiger partial charge in [0.05, 0.1) is 23.4 Å². The number of nitrogens with zero attached hydrogens (tertiary/aromatic N) is 2. The third kappa shape index (κ3) is 3.83. The summed E-state index contributed by atoms with van der Waals surface area (Å²) < 4.78 is 30.5. The lowest BCUT2D eigenvalue weighted by Crippen LogP contribution is -2.50. The Bertz CT molecular complexity index is 910. The Balaban J connectivity index is 2.75. The van der Waals surface area contributed by atoms with Gasteiger partial charge in [-0.25, -0.2) is 17.5 Å². The van der Waals surface area contributed by atoms with Gasteiger partial charge in [-0.15, -0.1) is 0 Å². The first-order valence-electron chi connectivity index (χ1n) is 7.50. The maximum Gasteiger partial charge on any atom is 0.338 e. The minimum absolute atomic E-state index is 0.0198. The van der Waals surface area contributed by atoms with Gasteiger partial charge in [-0.1, -0.05) is 12.1 Å². The number of rotatable bonds is 5. The van der Waals surface area contributed by atoms with Crippen LogP contribution in [-0.4, -0.2) is 41.6 Å². The van der Waals surface area contributed by atoms with E-state index in [1.165, 1.54) is 24.3 Å². The number of benzene rings is 1. The maximum atomic E-state index is 12.5. The number of carbonyl (C=O) groups excluding carboxylic acids is 1. The van der Waals surface area contributed by atoms with Crippen molar-refractivity contribution in [3.8, 4) is 0 Å². The van der Waals surface area contributed by atoms with E-state index in [1.54, 1.807) is 13.8 Å². The van der Waals surface area contributed by atoms with Crippen molar-refractivity contribution in [3.63, 3.8) is 0 Å². The van der Waals surface area contributed by atoms with Crippen molar-refractivity contribution in [1.82, 2.24) is 9.62 Å². The number of nitrogens with one attached hydrogen (secondary N) is 1. The summed E-state index contributed by atoms with van der Waals surface area (Å²) in [5.41, 5.74) is 0.341. The second kappa shape index (κ2) is 7.38. The number of esters is 1. The smallest absolute Gasteiger partial charge is 0.338 e. The lowest BCUT2D eigenvalue weighted by molar-refractivity contribution is -0.384. The highest BCUT2D eigenvalue weighted by molar-refractivity contribution is 7.90. The van der Waals surface area contributed by atoms with Crippen molar-refractivity contribution < 1.29 is 22.9 Å². The monoisotopic (exact) mass is 399 g/mol. The van der Waals surface area contributed by atoms with Crippen LogP contribution >= 0.6 is 12.2 Å². The first kappa shape index (κ1) is 19.8. The van der Waals surface area contributed by atoms with Crippen LogP contribution in [0.4, 0.5) is 5.69 Å². The zero-order chi connectivity index (χ0) is 19.6. The molecule has 1 aliphatic rings. The zero-order valence-corrected chi connectivity index (χ0v) is 15.9. The highest BCUT2D eigenvalue weighted by Gasteiger charge is 2.41. The Morgan fingerprint density at radius 1 is 1.46 bits per heavy atom. The molecule has 11 heteroatoms. The Labute approximate surface area is 155 Å². The molecule has 1 atom stereocenters. The van der Waals surface area contributed by atoms with E-state index in [4.69, 9.17) is 17.0 Å². The van der Waals surface area contributed by atoms with E-state index >= 15 is 0 Å². The third-order valence-electron chi connectivity index (χ3n) is 3.66. The summed E-state index contributed by atoms with van der Waals surface area (Å²) in [6.07, 6.45) is 0.939. The zero-order valence-electron chi connectivity index (χ0n) is 14.3. The number of nitro benzene ring substituents is 1. The molecule has 0 fully saturated rings. The van der Waals surface area contributed by atoms with Gasteiger partial charge in [-0.3, -0.25) is 10.1 Å². The quantitative estimate of drug-likeness (QED) is 0.343. The summed E-state index contributed by atoms with van der Waals surface area (Å²) in [4.78, 5) is 23.0. The Morgan fingerprint density at radius 2 is 2.12 bits per heavy atom. The molecule has 0 saturated carbocycles. The number of thiocarbonyl (C=S) groups is 1. The average Bonchev–Trinajstić information content (AvgIpc) is 2.53. The maximum absolute atomic E-state index is 12.5. The largest absolute Gasteiger partial charge is 0.463 e. The predicted molar refractivity (Wildman–Crippen MR) is 97.6 cm³/mol. The van der Waals surface area contributed by atoms with E-state index in [1.807, 2.05) is 0 Å². The van der Waals surface area contributed by atoms with Gasteiger partial charge in [0.1, 0.15) is 6.04 Å². The molecule has 1 aromatic rings. The molecule has 0 aliphatic carbocycles. The van der Waals surface area contributed by atoms with Gasteiger partial charge in [-0.05, 0) is 31.6 Å². The standard InChI is InChI=1S/C15H17N3O6S2/c1-4-24-14(19)12-9(2)16-15(25)17(26(3,22)23)13(12)10-6-5-7-11(8-10)18(20)21/h5-8,13H,4H2,1-3H3,(H,16,25). The topological polar surface area (TPSA) is 119 Å². The summed E-state index contributed by atoms with van der Waals surface area (Å²) in [7, 11) is -3.89. The number of hydrogen-bond donors (Lipinski definition) is 1. The van der Waals surface area contributed by atoms with Gasteiger partial charge in [0.25, 0.3) is 5.69 Å². The summed E-state index contributed by atoms with van der Waals surface area (Å²) in [5.74, 6) is -0.731. The fourth-order valence-electron chi connectivity index (χ4n) is 2.65. The first-order chi connectivity index (χ1) is 12.1. The van der Waals surface area contributed by atoms with Gasteiger partial charge < -0.3 is 10.1 Å². The molecular weight excluding hydrogens is 382 g/mol. The van der Waals surface area contributed by atoms with Gasteiger partial charge in [0.2, 0.25) is 10.0 Å². The number of allylic oxidation sites excluding steroid dienone is 1. The summed E-state index contributed by atoms with van der Waals surface area (Å²) in [5, 5.41) is 13.6. The molecule has 0 spiro atoms. The molecule has 1 N–H and O–H groups in total. The molecule has 0 saturated heterocycles. The van der Waals surface area contributed by atoms with Crippen LogP contribution in [0.3, 0.4) is 0 Å². The number of ether oxygens (including phenoxy) is 1. The van der Waals surface area contributed by atoms with E-state index in [0.29, 0.717) is 5.70 Å². The summed E-state index contributed by atoms with van der Waals surface area (Å²) >= 11 is 5.13. The van der Waals surface area contributed by atoms with E-state index in [2.05, 4.69) is 5.32 Å². The third-order valence-corrected chi connectivity index (χ3v) is 5.18. The highest BCUT2D eigenvalue weighted by Crippen LogP contribution is 2.37. The number of carbonyl (C=O) groups is 1. The van der Waals surface area contributed by atoms with E-state index in [9.17, 15) is 23.3 Å². The molecule has 0 amide bonds. The molecule has 140 valence electrons. The SMILES string of the molecule is CCOC(=O)C1=C(C)NC(=S)N(S(C)(=O)=O)C1c1cccc([N+](=O)[O-])c1. The molecule has 1 unspecified atom stereocenters. The molecular formula is C15H17N3O6S2. The molecule has 0 bridgehead atoms. The fourth-order valence-corrected chi connectivity index (χ4v) is 4.27. The van der Waals surface area contributed by atoms with Crippen LogP contribution in [0.2, 0.25) is 0 Å². The molecule has 0 aromatic heterocycles. The predicted octanol–water partition coefficient (Wildman–Crippen LogP) is 1.62. The molecule has 1 aliphatic heterocycles. The van der Waals surface area contributed by atoms with Crippen LogP contribution < -0.4 is 5.32 Å². The molecule has 1 heterocycles. The van der Waals surface area contributed by atoms with Crippen LogP contribution in [0.5, 0.6) is 0 Å². The second-order valence-electron chi connectivity index (χ2n) is 5.50. The van der Waals surface area contributed by atoms with Gasteiger partial charge in [0.15, 0.2) is 5.11 Å².